The first-order valence-electron chi connectivity index (χ1n) is 8.26. The summed E-state index contributed by atoms with van der Waals surface area (Å²) in [4.78, 5) is 35.6. The van der Waals surface area contributed by atoms with Crippen molar-refractivity contribution in [1.29, 1.82) is 0 Å². The maximum Gasteiger partial charge on any atom is 0.326 e. The summed E-state index contributed by atoms with van der Waals surface area (Å²) in [5.41, 5.74) is 1.83. The van der Waals surface area contributed by atoms with E-state index in [4.69, 9.17) is 0 Å². The quantitative estimate of drug-likeness (QED) is 0.646. The molecule has 0 aliphatic carbocycles. The number of carboxylic acid groups (broad SMARTS) is 1. The van der Waals surface area contributed by atoms with E-state index in [1.165, 1.54) is 6.92 Å². The van der Waals surface area contributed by atoms with Crippen molar-refractivity contribution >= 4 is 29.5 Å². The van der Waals surface area contributed by atoms with E-state index in [-0.39, 0.29) is 12.3 Å². The van der Waals surface area contributed by atoms with Gasteiger partial charge in [0, 0.05) is 25.5 Å². The second-order valence-corrected chi connectivity index (χ2v) is 6.90. The number of hydrogen-bond donors (Lipinski definition) is 3. The van der Waals surface area contributed by atoms with E-state index in [2.05, 4.69) is 10.6 Å². The minimum absolute atomic E-state index is 0.233. The van der Waals surface area contributed by atoms with Gasteiger partial charge in [0.2, 0.25) is 11.8 Å². The fourth-order valence-electron chi connectivity index (χ4n) is 2.60. The molecule has 1 aromatic carbocycles. The lowest BCUT2D eigenvalue weighted by Crippen LogP contribution is -2.52. The zero-order valence-corrected chi connectivity index (χ0v) is 15.3. The molecular weight excluding hydrogens is 352 g/mol. The Bertz CT molecular complexity index is 716. The van der Waals surface area contributed by atoms with Gasteiger partial charge < -0.3 is 15.7 Å². The Morgan fingerprint density at radius 2 is 1.85 bits per heavy atom. The molecule has 0 aromatic heterocycles. The van der Waals surface area contributed by atoms with Crippen molar-refractivity contribution in [3.8, 4) is 0 Å². The molecule has 0 saturated carbocycles. The molecule has 1 aromatic rings. The summed E-state index contributed by atoms with van der Waals surface area (Å²) in [6.07, 6.45) is 4.25. The SMILES string of the molecule is CC(=O)N[C@@H](Cc1ccccc1)C(=O)N[C@@H](CC1=CC=CSC1)C(=O)O. The van der Waals surface area contributed by atoms with Crippen LogP contribution in [0.1, 0.15) is 18.9 Å². The lowest BCUT2D eigenvalue weighted by Gasteiger charge is -2.22. The third-order valence-electron chi connectivity index (χ3n) is 3.83. The number of amides is 2. The molecule has 1 heterocycles. The van der Waals surface area contributed by atoms with Crippen molar-refractivity contribution in [2.75, 3.05) is 5.75 Å². The van der Waals surface area contributed by atoms with Crippen LogP contribution in [0.3, 0.4) is 0 Å². The fraction of sp³-hybridized carbons (Fsp3) is 0.316. The predicted molar refractivity (Wildman–Crippen MR) is 102 cm³/mol. The Labute approximate surface area is 156 Å². The van der Waals surface area contributed by atoms with Crippen LogP contribution in [0, 0.1) is 0 Å². The van der Waals surface area contributed by atoms with E-state index < -0.39 is 24.0 Å². The Morgan fingerprint density at radius 3 is 2.42 bits per heavy atom. The van der Waals surface area contributed by atoms with Gasteiger partial charge in [-0.15, -0.1) is 11.8 Å². The average Bonchev–Trinajstić information content (AvgIpc) is 2.62. The molecular formula is C19H22N2O4S. The van der Waals surface area contributed by atoms with Crippen molar-refractivity contribution in [3.05, 3.63) is 59.0 Å². The number of rotatable bonds is 8. The van der Waals surface area contributed by atoms with Crippen molar-refractivity contribution < 1.29 is 19.5 Å². The number of aliphatic carboxylic acids is 1. The minimum atomic E-state index is -1.10. The molecule has 0 radical (unpaired) electrons. The first-order valence-corrected chi connectivity index (χ1v) is 9.31. The third-order valence-corrected chi connectivity index (χ3v) is 4.72. The summed E-state index contributed by atoms with van der Waals surface area (Å²) in [5.74, 6) is -1.24. The highest BCUT2D eigenvalue weighted by atomic mass is 32.2. The van der Waals surface area contributed by atoms with Gasteiger partial charge in [0.15, 0.2) is 0 Å². The Kier molecular flexibility index (Phi) is 7.47. The lowest BCUT2D eigenvalue weighted by atomic mass is 10.0. The van der Waals surface area contributed by atoms with Crippen LogP contribution in [-0.2, 0) is 20.8 Å². The van der Waals surface area contributed by atoms with Crippen molar-refractivity contribution in [2.45, 2.75) is 31.8 Å². The number of benzene rings is 1. The van der Waals surface area contributed by atoms with E-state index in [0.717, 1.165) is 11.1 Å². The van der Waals surface area contributed by atoms with Crippen molar-refractivity contribution in [1.82, 2.24) is 10.6 Å². The fourth-order valence-corrected chi connectivity index (χ4v) is 3.31. The van der Waals surface area contributed by atoms with Gasteiger partial charge in [-0.2, -0.15) is 0 Å². The molecule has 3 N–H and O–H groups in total. The summed E-state index contributed by atoms with van der Waals surface area (Å²) in [6, 6.07) is 7.40. The molecule has 0 bridgehead atoms. The van der Waals surface area contributed by atoms with Crippen LogP contribution in [0.5, 0.6) is 0 Å². The number of nitrogens with one attached hydrogen (secondary N) is 2. The van der Waals surface area contributed by atoms with E-state index in [9.17, 15) is 19.5 Å². The Morgan fingerprint density at radius 1 is 1.12 bits per heavy atom. The summed E-state index contributed by atoms with van der Waals surface area (Å²) < 4.78 is 0. The smallest absolute Gasteiger partial charge is 0.326 e. The second-order valence-electron chi connectivity index (χ2n) is 6.01. The molecule has 138 valence electrons. The molecule has 2 amide bonds. The third kappa shape index (κ3) is 6.40. The second kappa shape index (κ2) is 9.82. The predicted octanol–water partition coefficient (Wildman–Crippen LogP) is 1.88. The maximum atomic E-state index is 12.6. The van der Waals surface area contributed by atoms with Crippen LogP contribution in [0.15, 0.2) is 53.5 Å². The summed E-state index contributed by atoms with van der Waals surface area (Å²) in [5, 5.41) is 16.6. The van der Waals surface area contributed by atoms with E-state index in [1.807, 2.05) is 47.9 Å². The van der Waals surface area contributed by atoms with Crippen LogP contribution in [0.2, 0.25) is 0 Å². The highest BCUT2D eigenvalue weighted by molar-refractivity contribution is 8.02. The van der Waals surface area contributed by atoms with Gasteiger partial charge in [-0.25, -0.2) is 4.79 Å². The van der Waals surface area contributed by atoms with Crippen molar-refractivity contribution in [2.24, 2.45) is 0 Å². The van der Waals surface area contributed by atoms with Gasteiger partial charge in [0.25, 0.3) is 0 Å². The van der Waals surface area contributed by atoms with E-state index in [0.29, 0.717) is 12.2 Å². The number of carbonyl (C=O) groups excluding carboxylic acids is 2. The van der Waals surface area contributed by atoms with Gasteiger partial charge in [-0.3, -0.25) is 9.59 Å². The molecule has 26 heavy (non-hydrogen) atoms. The van der Waals surface area contributed by atoms with Gasteiger partial charge in [0.1, 0.15) is 12.1 Å². The average molecular weight is 374 g/mol. The normalized spacial score (nSPS) is 15.5. The molecule has 6 nitrogen and oxygen atoms in total. The summed E-state index contributed by atoms with van der Waals surface area (Å²) >= 11 is 1.58. The van der Waals surface area contributed by atoms with Crippen LogP contribution in [-0.4, -0.2) is 40.7 Å². The minimum Gasteiger partial charge on any atom is -0.480 e. The highest BCUT2D eigenvalue weighted by Gasteiger charge is 2.27. The number of carbonyl (C=O) groups is 3. The van der Waals surface area contributed by atoms with Crippen molar-refractivity contribution in [3.63, 3.8) is 0 Å². The Balaban J connectivity index is 2.06. The van der Waals surface area contributed by atoms with Crippen LogP contribution >= 0.6 is 11.8 Å². The van der Waals surface area contributed by atoms with Gasteiger partial charge in [-0.1, -0.05) is 48.1 Å². The summed E-state index contributed by atoms with van der Waals surface area (Å²) in [7, 11) is 0. The molecule has 0 saturated heterocycles. The monoisotopic (exact) mass is 374 g/mol. The molecule has 0 unspecified atom stereocenters. The summed E-state index contributed by atoms with van der Waals surface area (Å²) in [6.45, 7) is 1.33. The largest absolute Gasteiger partial charge is 0.480 e. The number of allylic oxidation sites excluding steroid dienone is 2. The van der Waals surface area contributed by atoms with Crippen LogP contribution in [0.25, 0.3) is 0 Å². The first kappa shape index (κ1) is 19.8. The molecule has 0 spiro atoms. The standard InChI is InChI=1S/C19H22N2O4S/c1-13(22)20-16(10-14-6-3-2-4-7-14)18(23)21-17(19(24)25)11-15-8-5-9-26-12-15/h2-9,16-17H,10-12H2,1H3,(H,20,22)(H,21,23)(H,24,25)/t16-,17-/m0/s1. The number of hydrogen-bond acceptors (Lipinski definition) is 4. The lowest BCUT2D eigenvalue weighted by molar-refractivity contribution is -0.142. The first-order chi connectivity index (χ1) is 12.5. The van der Waals surface area contributed by atoms with Crippen LogP contribution < -0.4 is 10.6 Å². The van der Waals surface area contributed by atoms with E-state index >= 15 is 0 Å². The molecule has 0 fully saturated rings. The van der Waals surface area contributed by atoms with Crippen LogP contribution in [0.4, 0.5) is 0 Å². The maximum absolute atomic E-state index is 12.6. The number of carboxylic acids is 1. The molecule has 7 heteroatoms. The Hall–Kier alpha value is -2.54. The van der Waals surface area contributed by atoms with Gasteiger partial charge >= 0.3 is 5.97 Å². The number of thioether (sulfide) groups is 1. The van der Waals surface area contributed by atoms with Gasteiger partial charge in [-0.05, 0) is 11.0 Å². The highest BCUT2D eigenvalue weighted by Crippen LogP contribution is 2.19. The van der Waals surface area contributed by atoms with E-state index in [1.54, 1.807) is 11.8 Å². The zero-order valence-electron chi connectivity index (χ0n) is 14.5. The molecule has 1 aliphatic rings. The van der Waals surface area contributed by atoms with Gasteiger partial charge in [0.05, 0.1) is 0 Å². The topological polar surface area (TPSA) is 95.5 Å². The zero-order chi connectivity index (χ0) is 18.9. The molecule has 2 rings (SSSR count). The molecule has 1 aliphatic heterocycles. The molecule has 2 atom stereocenters.